The minimum atomic E-state index is -3.80. The van der Waals surface area contributed by atoms with Crippen molar-refractivity contribution in [2.45, 2.75) is 18.4 Å². The van der Waals surface area contributed by atoms with Gasteiger partial charge >= 0.3 is 0 Å². The van der Waals surface area contributed by atoms with E-state index in [2.05, 4.69) is 0 Å². The Kier molecular flexibility index (Phi) is 5.28. The summed E-state index contributed by atoms with van der Waals surface area (Å²) in [5.41, 5.74) is 1.16. The number of rotatable bonds is 6. The van der Waals surface area contributed by atoms with E-state index in [1.165, 1.54) is 16.4 Å². The first-order valence-corrected chi connectivity index (χ1v) is 8.30. The van der Waals surface area contributed by atoms with Crippen LogP contribution in [0, 0.1) is 12.7 Å². The average molecular weight is 323 g/mol. The van der Waals surface area contributed by atoms with Gasteiger partial charge in [-0.15, -0.1) is 0 Å². The molecule has 0 aliphatic rings. The fraction of sp³-hybridized carbons (Fsp3) is 0.250. The van der Waals surface area contributed by atoms with Crippen molar-refractivity contribution in [3.63, 3.8) is 0 Å². The van der Waals surface area contributed by atoms with Gasteiger partial charge in [-0.1, -0.05) is 30.3 Å². The maximum Gasteiger partial charge on any atom is 0.243 e. The Morgan fingerprint density at radius 1 is 1.14 bits per heavy atom. The van der Waals surface area contributed by atoms with E-state index in [1.54, 1.807) is 6.92 Å². The summed E-state index contributed by atoms with van der Waals surface area (Å²) in [7, 11) is -3.80. The Morgan fingerprint density at radius 3 is 2.41 bits per heavy atom. The number of nitrogens with zero attached hydrogens (tertiary/aromatic N) is 1. The van der Waals surface area contributed by atoms with Crippen LogP contribution in [0.2, 0.25) is 0 Å². The fourth-order valence-electron chi connectivity index (χ4n) is 2.22. The smallest absolute Gasteiger partial charge is 0.243 e. The zero-order valence-corrected chi connectivity index (χ0v) is 13.1. The largest absolute Gasteiger partial charge is 0.395 e. The summed E-state index contributed by atoms with van der Waals surface area (Å²) in [5.74, 6) is -0.479. The molecule has 4 nitrogen and oxygen atoms in total. The van der Waals surface area contributed by atoms with Gasteiger partial charge in [-0.3, -0.25) is 0 Å². The van der Waals surface area contributed by atoms with Crippen molar-refractivity contribution >= 4 is 10.0 Å². The van der Waals surface area contributed by atoms with Crippen molar-refractivity contribution in [3.05, 3.63) is 65.5 Å². The number of aryl methyl sites for hydroxylation is 1. The molecule has 0 amide bonds. The maximum atomic E-state index is 13.2. The molecule has 0 spiro atoms. The Labute approximate surface area is 129 Å². The third kappa shape index (κ3) is 3.71. The molecule has 6 heteroatoms. The molecule has 0 radical (unpaired) electrons. The summed E-state index contributed by atoms with van der Waals surface area (Å²) >= 11 is 0. The quantitative estimate of drug-likeness (QED) is 0.887. The van der Waals surface area contributed by atoms with Gasteiger partial charge in [0.25, 0.3) is 0 Å². The highest BCUT2D eigenvalue weighted by Crippen LogP contribution is 2.22. The van der Waals surface area contributed by atoms with Crippen LogP contribution >= 0.6 is 0 Å². The minimum Gasteiger partial charge on any atom is -0.395 e. The standard InChI is InChI=1S/C16H18FNO3S/c1-13-11-15(17)7-8-16(13)22(20,21)18(9-10-19)12-14-5-3-2-4-6-14/h2-8,11,19H,9-10,12H2,1H3. The van der Waals surface area contributed by atoms with E-state index >= 15 is 0 Å². The Bertz CT molecular complexity index is 732. The van der Waals surface area contributed by atoms with Crippen LogP contribution in [0.15, 0.2) is 53.4 Å². The minimum absolute atomic E-state index is 0.0198. The lowest BCUT2D eigenvalue weighted by atomic mass is 10.2. The van der Waals surface area contributed by atoms with Gasteiger partial charge in [0.2, 0.25) is 10.0 Å². The van der Waals surface area contributed by atoms with Gasteiger partial charge in [-0.05, 0) is 36.2 Å². The predicted octanol–water partition coefficient (Wildman–Crippen LogP) is 2.32. The normalized spacial score (nSPS) is 11.8. The van der Waals surface area contributed by atoms with Gasteiger partial charge in [-0.2, -0.15) is 4.31 Å². The van der Waals surface area contributed by atoms with Crippen LogP contribution in [0.3, 0.4) is 0 Å². The zero-order valence-electron chi connectivity index (χ0n) is 12.2. The number of hydrogen-bond acceptors (Lipinski definition) is 3. The van der Waals surface area contributed by atoms with Crippen LogP contribution in [-0.4, -0.2) is 31.0 Å². The molecule has 0 bridgehead atoms. The van der Waals surface area contributed by atoms with Crippen LogP contribution < -0.4 is 0 Å². The Hall–Kier alpha value is -1.76. The summed E-state index contributed by atoms with van der Waals surface area (Å²) in [6.45, 7) is 1.40. The summed E-state index contributed by atoms with van der Waals surface area (Å²) in [4.78, 5) is 0.0540. The molecule has 22 heavy (non-hydrogen) atoms. The van der Waals surface area contributed by atoms with Crippen LogP contribution in [0.25, 0.3) is 0 Å². The highest BCUT2D eigenvalue weighted by molar-refractivity contribution is 7.89. The molecule has 0 saturated carbocycles. The van der Waals surface area contributed by atoms with Crippen molar-refractivity contribution < 1.29 is 17.9 Å². The van der Waals surface area contributed by atoms with Crippen LogP contribution in [0.5, 0.6) is 0 Å². The number of aliphatic hydroxyl groups excluding tert-OH is 1. The van der Waals surface area contributed by atoms with Gasteiger partial charge in [0.1, 0.15) is 5.82 Å². The first-order chi connectivity index (χ1) is 10.4. The second-order valence-electron chi connectivity index (χ2n) is 4.96. The monoisotopic (exact) mass is 323 g/mol. The van der Waals surface area contributed by atoms with E-state index < -0.39 is 15.8 Å². The molecular weight excluding hydrogens is 305 g/mol. The van der Waals surface area contributed by atoms with E-state index in [1.807, 2.05) is 30.3 Å². The Balaban J connectivity index is 2.37. The SMILES string of the molecule is Cc1cc(F)ccc1S(=O)(=O)N(CCO)Cc1ccccc1. The van der Waals surface area contributed by atoms with E-state index in [0.717, 1.165) is 11.6 Å². The van der Waals surface area contributed by atoms with Crippen molar-refractivity contribution in [2.75, 3.05) is 13.2 Å². The van der Waals surface area contributed by atoms with Crippen LogP contribution in [0.4, 0.5) is 4.39 Å². The summed E-state index contributed by atoms with van der Waals surface area (Å²) in [5, 5.41) is 9.17. The lowest BCUT2D eigenvalue weighted by molar-refractivity contribution is 0.251. The average Bonchev–Trinajstić information content (AvgIpc) is 2.47. The molecule has 118 valence electrons. The first kappa shape index (κ1) is 16.6. The lowest BCUT2D eigenvalue weighted by Gasteiger charge is -2.22. The highest BCUT2D eigenvalue weighted by atomic mass is 32.2. The van der Waals surface area contributed by atoms with Gasteiger partial charge in [0, 0.05) is 13.1 Å². The van der Waals surface area contributed by atoms with Crippen molar-refractivity contribution in [1.82, 2.24) is 4.31 Å². The number of halogens is 1. The van der Waals surface area contributed by atoms with Gasteiger partial charge < -0.3 is 5.11 Å². The van der Waals surface area contributed by atoms with E-state index in [9.17, 15) is 17.9 Å². The third-order valence-corrected chi connectivity index (χ3v) is 5.31. The molecule has 2 rings (SSSR count). The Morgan fingerprint density at radius 2 is 1.82 bits per heavy atom. The number of benzene rings is 2. The summed E-state index contributed by atoms with van der Waals surface area (Å²) in [6, 6.07) is 12.7. The fourth-order valence-corrected chi connectivity index (χ4v) is 3.85. The molecule has 0 fully saturated rings. The van der Waals surface area contributed by atoms with Crippen molar-refractivity contribution in [1.29, 1.82) is 0 Å². The molecule has 0 unspecified atom stereocenters. The highest BCUT2D eigenvalue weighted by Gasteiger charge is 2.26. The van der Waals surface area contributed by atoms with Crippen LogP contribution in [0.1, 0.15) is 11.1 Å². The second-order valence-corrected chi connectivity index (χ2v) is 6.86. The van der Waals surface area contributed by atoms with Crippen molar-refractivity contribution in [2.24, 2.45) is 0 Å². The molecule has 0 aliphatic carbocycles. The number of sulfonamides is 1. The molecule has 0 aromatic heterocycles. The molecule has 0 atom stereocenters. The summed E-state index contributed by atoms with van der Waals surface area (Å²) < 4.78 is 39.9. The van der Waals surface area contributed by atoms with E-state index in [-0.39, 0.29) is 24.6 Å². The molecule has 0 saturated heterocycles. The van der Waals surface area contributed by atoms with E-state index in [0.29, 0.717) is 5.56 Å². The number of hydrogen-bond donors (Lipinski definition) is 1. The molecule has 2 aromatic carbocycles. The third-order valence-electron chi connectivity index (χ3n) is 3.31. The maximum absolute atomic E-state index is 13.2. The van der Waals surface area contributed by atoms with Gasteiger partial charge in [-0.25, -0.2) is 12.8 Å². The summed E-state index contributed by atoms with van der Waals surface area (Å²) in [6.07, 6.45) is 0. The first-order valence-electron chi connectivity index (χ1n) is 6.86. The van der Waals surface area contributed by atoms with E-state index in [4.69, 9.17) is 0 Å². The molecule has 0 aliphatic heterocycles. The molecular formula is C16H18FNO3S. The topological polar surface area (TPSA) is 57.6 Å². The zero-order chi connectivity index (χ0) is 16.2. The van der Waals surface area contributed by atoms with Crippen LogP contribution in [-0.2, 0) is 16.6 Å². The van der Waals surface area contributed by atoms with Crippen molar-refractivity contribution in [3.8, 4) is 0 Å². The predicted molar refractivity (Wildman–Crippen MR) is 82.3 cm³/mol. The van der Waals surface area contributed by atoms with Gasteiger partial charge in [0.05, 0.1) is 11.5 Å². The number of aliphatic hydroxyl groups is 1. The second kappa shape index (κ2) is 7.00. The molecule has 2 aromatic rings. The lowest BCUT2D eigenvalue weighted by Crippen LogP contribution is -2.33. The van der Waals surface area contributed by atoms with Gasteiger partial charge in [0.15, 0.2) is 0 Å². The molecule has 1 N–H and O–H groups in total. The molecule has 0 heterocycles.